The third-order valence-electron chi connectivity index (χ3n) is 4.34. The Hall–Kier alpha value is -3.00. The maximum absolute atomic E-state index is 12.5. The summed E-state index contributed by atoms with van der Waals surface area (Å²) < 4.78 is 5.73. The molecule has 0 saturated heterocycles. The molecule has 0 fully saturated rings. The number of aryl methyl sites for hydroxylation is 1. The van der Waals surface area contributed by atoms with Crippen LogP contribution in [0, 0.1) is 25.2 Å². The molecule has 0 aliphatic rings. The molecule has 0 radical (unpaired) electrons. The number of carbonyl (C=O) groups is 1. The van der Waals surface area contributed by atoms with Gasteiger partial charge in [0.15, 0.2) is 0 Å². The van der Waals surface area contributed by atoms with E-state index in [0.717, 1.165) is 16.7 Å². The molecule has 0 spiro atoms. The number of rotatable bonds is 4. The molecule has 0 saturated carbocycles. The Kier molecular flexibility index (Phi) is 5.89. The van der Waals surface area contributed by atoms with Gasteiger partial charge in [-0.25, -0.2) is 0 Å². The first-order chi connectivity index (χ1) is 13.4. The molecule has 2 aromatic carbocycles. The first kappa shape index (κ1) is 19.8. The molecule has 0 aliphatic carbocycles. The smallest absolute Gasteiger partial charge is 0.266 e. The Bertz CT molecular complexity index is 1120. The number of hydrogen-bond acceptors (Lipinski definition) is 3. The van der Waals surface area contributed by atoms with Gasteiger partial charge in [0.2, 0.25) is 0 Å². The number of nitriles is 1. The molecule has 28 heavy (non-hydrogen) atoms. The highest BCUT2D eigenvalue weighted by molar-refractivity contribution is 6.42. The molecule has 0 bridgehead atoms. The van der Waals surface area contributed by atoms with Crippen molar-refractivity contribution in [3.8, 4) is 17.4 Å². The molecular formula is C22H16Cl2N2O2. The van der Waals surface area contributed by atoms with Gasteiger partial charge in [-0.15, -0.1) is 0 Å². The van der Waals surface area contributed by atoms with Crippen molar-refractivity contribution < 1.29 is 9.21 Å². The van der Waals surface area contributed by atoms with Crippen LogP contribution in [0.4, 0.5) is 5.69 Å². The van der Waals surface area contributed by atoms with Crippen molar-refractivity contribution >= 4 is 40.9 Å². The van der Waals surface area contributed by atoms with Crippen molar-refractivity contribution in [2.45, 2.75) is 13.8 Å². The van der Waals surface area contributed by atoms with Crippen molar-refractivity contribution in [1.82, 2.24) is 0 Å². The van der Waals surface area contributed by atoms with Crippen molar-refractivity contribution in [3.63, 3.8) is 0 Å². The highest BCUT2D eigenvalue weighted by Gasteiger charge is 2.13. The molecule has 0 atom stereocenters. The van der Waals surface area contributed by atoms with Crippen molar-refractivity contribution in [2.24, 2.45) is 0 Å². The van der Waals surface area contributed by atoms with Gasteiger partial charge in [0.05, 0.1) is 10.0 Å². The molecule has 3 rings (SSSR count). The van der Waals surface area contributed by atoms with E-state index in [0.29, 0.717) is 27.3 Å². The minimum atomic E-state index is -0.497. The van der Waals surface area contributed by atoms with Gasteiger partial charge in [-0.1, -0.05) is 35.3 Å². The average molecular weight is 411 g/mol. The lowest BCUT2D eigenvalue weighted by atomic mass is 10.1. The first-order valence-electron chi connectivity index (χ1n) is 8.43. The van der Waals surface area contributed by atoms with Crippen LogP contribution in [0.25, 0.3) is 17.4 Å². The quantitative estimate of drug-likeness (QED) is 0.398. The van der Waals surface area contributed by atoms with E-state index < -0.39 is 5.91 Å². The van der Waals surface area contributed by atoms with Crippen molar-refractivity contribution in [3.05, 3.63) is 81.0 Å². The second kappa shape index (κ2) is 8.35. The lowest BCUT2D eigenvalue weighted by molar-refractivity contribution is -0.112. The van der Waals surface area contributed by atoms with E-state index in [1.54, 1.807) is 36.4 Å². The number of benzene rings is 2. The van der Waals surface area contributed by atoms with Gasteiger partial charge in [-0.2, -0.15) is 5.26 Å². The van der Waals surface area contributed by atoms with E-state index in [2.05, 4.69) is 5.32 Å². The Morgan fingerprint density at radius 3 is 2.61 bits per heavy atom. The van der Waals surface area contributed by atoms with Crippen LogP contribution in [0.3, 0.4) is 0 Å². The molecule has 4 nitrogen and oxygen atoms in total. The van der Waals surface area contributed by atoms with Gasteiger partial charge in [-0.05, 0) is 61.4 Å². The number of amides is 1. The fourth-order valence-electron chi connectivity index (χ4n) is 2.60. The monoisotopic (exact) mass is 410 g/mol. The predicted molar refractivity (Wildman–Crippen MR) is 112 cm³/mol. The van der Waals surface area contributed by atoms with Crippen LogP contribution in [0.5, 0.6) is 0 Å². The summed E-state index contributed by atoms with van der Waals surface area (Å²) in [5.41, 5.74) is 3.36. The lowest BCUT2D eigenvalue weighted by Crippen LogP contribution is -2.14. The van der Waals surface area contributed by atoms with Gasteiger partial charge in [0.25, 0.3) is 5.91 Å². The summed E-state index contributed by atoms with van der Waals surface area (Å²) in [6, 6.07) is 16.1. The van der Waals surface area contributed by atoms with E-state index in [9.17, 15) is 10.1 Å². The van der Waals surface area contributed by atoms with Gasteiger partial charge in [0.1, 0.15) is 23.2 Å². The van der Waals surface area contributed by atoms with Crippen LogP contribution in [0.15, 0.2) is 58.5 Å². The number of nitrogens with one attached hydrogen (secondary N) is 1. The summed E-state index contributed by atoms with van der Waals surface area (Å²) in [4.78, 5) is 12.5. The van der Waals surface area contributed by atoms with Gasteiger partial charge < -0.3 is 9.73 Å². The van der Waals surface area contributed by atoms with E-state index in [1.165, 1.54) is 6.08 Å². The third-order valence-corrected chi connectivity index (χ3v) is 5.07. The van der Waals surface area contributed by atoms with Crippen LogP contribution < -0.4 is 5.32 Å². The molecule has 140 valence electrons. The highest BCUT2D eigenvalue weighted by atomic mass is 35.5. The first-order valence-corrected chi connectivity index (χ1v) is 9.19. The molecule has 3 aromatic rings. The zero-order valence-electron chi connectivity index (χ0n) is 15.2. The van der Waals surface area contributed by atoms with E-state index in [4.69, 9.17) is 27.6 Å². The summed E-state index contributed by atoms with van der Waals surface area (Å²) in [5.74, 6) is 0.439. The maximum Gasteiger partial charge on any atom is 0.266 e. The second-order valence-corrected chi connectivity index (χ2v) is 7.02. The summed E-state index contributed by atoms with van der Waals surface area (Å²) in [6.45, 7) is 3.87. The minimum Gasteiger partial charge on any atom is -0.457 e. The minimum absolute atomic E-state index is 0.0593. The predicted octanol–water partition coefficient (Wildman–Crippen LogP) is 6.42. The van der Waals surface area contributed by atoms with Gasteiger partial charge in [-0.3, -0.25) is 4.79 Å². The van der Waals surface area contributed by atoms with Crippen LogP contribution in [-0.2, 0) is 4.79 Å². The molecule has 1 aromatic heterocycles. The average Bonchev–Trinajstić information content (AvgIpc) is 3.14. The molecule has 0 unspecified atom stereocenters. The largest absolute Gasteiger partial charge is 0.457 e. The number of furan rings is 1. The Morgan fingerprint density at radius 2 is 1.89 bits per heavy atom. The fourth-order valence-corrected chi connectivity index (χ4v) is 2.90. The van der Waals surface area contributed by atoms with E-state index in [1.807, 2.05) is 32.0 Å². The summed E-state index contributed by atoms with van der Waals surface area (Å²) in [5, 5.41) is 13.0. The van der Waals surface area contributed by atoms with Crippen molar-refractivity contribution in [2.75, 3.05) is 5.32 Å². The molecule has 1 amide bonds. The Balaban J connectivity index is 1.84. The van der Waals surface area contributed by atoms with Gasteiger partial charge >= 0.3 is 0 Å². The van der Waals surface area contributed by atoms with Crippen LogP contribution >= 0.6 is 23.2 Å². The molecule has 0 aliphatic heterocycles. The fraction of sp³-hybridized carbons (Fsp3) is 0.0909. The zero-order valence-corrected chi connectivity index (χ0v) is 16.7. The number of nitrogens with zero attached hydrogens (tertiary/aromatic N) is 1. The normalized spacial score (nSPS) is 11.2. The van der Waals surface area contributed by atoms with E-state index >= 15 is 0 Å². The third kappa shape index (κ3) is 4.28. The van der Waals surface area contributed by atoms with Crippen molar-refractivity contribution in [1.29, 1.82) is 5.26 Å². The number of halogens is 2. The zero-order chi connectivity index (χ0) is 20.3. The SMILES string of the molecule is Cc1cccc(NC(=O)/C(C#N)=C/c2ccc(-c3ccc(Cl)c(Cl)c3)o2)c1C. The number of carbonyl (C=O) groups excluding carboxylic acids is 1. The topological polar surface area (TPSA) is 66.0 Å². The number of anilines is 1. The molecule has 1 heterocycles. The Morgan fingerprint density at radius 1 is 1.11 bits per heavy atom. The highest BCUT2D eigenvalue weighted by Crippen LogP contribution is 2.30. The standard InChI is InChI=1S/C22H16Cl2N2O2/c1-13-4-3-5-20(14(13)2)26-22(27)16(12-25)10-17-7-9-21(28-17)15-6-8-18(23)19(24)11-15/h3-11H,1-2H3,(H,26,27)/b16-10+. The molecule has 6 heteroatoms. The number of hydrogen-bond donors (Lipinski definition) is 1. The lowest BCUT2D eigenvalue weighted by Gasteiger charge is -2.09. The van der Waals surface area contributed by atoms with Crippen LogP contribution in [0.2, 0.25) is 10.0 Å². The molecular weight excluding hydrogens is 395 g/mol. The van der Waals surface area contributed by atoms with Gasteiger partial charge in [0, 0.05) is 17.3 Å². The summed E-state index contributed by atoms with van der Waals surface area (Å²) in [6.07, 6.45) is 1.40. The molecule has 1 N–H and O–H groups in total. The maximum atomic E-state index is 12.5. The van der Waals surface area contributed by atoms with Crippen LogP contribution in [0.1, 0.15) is 16.9 Å². The summed E-state index contributed by atoms with van der Waals surface area (Å²) in [7, 11) is 0. The second-order valence-electron chi connectivity index (χ2n) is 6.20. The summed E-state index contributed by atoms with van der Waals surface area (Å²) >= 11 is 12.0. The van der Waals surface area contributed by atoms with Crippen LogP contribution in [-0.4, -0.2) is 5.91 Å². The van der Waals surface area contributed by atoms with E-state index in [-0.39, 0.29) is 5.57 Å². The Labute approximate surface area is 173 Å².